The third-order valence-corrected chi connectivity index (χ3v) is 4.58. The van der Waals surface area contributed by atoms with Gasteiger partial charge >= 0.3 is 17.8 Å². The molecule has 1 aromatic heterocycles. The Morgan fingerprint density at radius 3 is 2.38 bits per heavy atom. The highest BCUT2D eigenvalue weighted by molar-refractivity contribution is 5.76. The van der Waals surface area contributed by atoms with E-state index in [4.69, 9.17) is 9.84 Å². The van der Waals surface area contributed by atoms with E-state index < -0.39 is 35.4 Å². The number of aryl methyl sites for hydroxylation is 1. The van der Waals surface area contributed by atoms with Crippen LogP contribution in [0.5, 0.6) is 5.75 Å². The zero-order valence-corrected chi connectivity index (χ0v) is 17.9. The highest BCUT2D eigenvalue weighted by Gasteiger charge is 2.29. The molecule has 0 bridgehead atoms. The van der Waals surface area contributed by atoms with E-state index in [-0.39, 0.29) is 25.3 Å². The Kier molecular flexibility index (Phi) is 7.70. The first-order valence-electron chi connectivity index (χ1n) is 9.80. The summed E-state index contributed by atoms with van der Waals surface area (Å²) in [6.07, 6.45) is -5.27. The van der Waals surface area contributed by atoms with E-state index >= 15 is 0 Å². The van der Waals surface area contributed by atoms with Crippen molar-refractivity contribution in [2.75, 3.05) is 11.9 Å². The molecule has 2 aromatic rings. The van der Waals surface area contributed by atoms with Crippen LogP contribution in [0.4, 0.5) is 19.0 Å². The Balaban J connectivity index is 2.01. The molecular formula is C20H25F3N4O5. The van der Waals surface area contributed by atoms with E-state index in [1.165, 1.54) is 20.9 Å². The van der Waals surface area contributed by atoms with Crippen molar-refractivity contribution < 1.29 is 27.8 Å². The third-order valence-electron chi connectivity index (χ3n) is 4.58. The number of carbonyl (C=O) groups is 1. The normalized spacial score (nSPS) is 11.9. The molecule has 12 heteroatoms. The maximum Gasteiger partial charge on any atom is 0.389 e. The summed E-state index contributed by atoms with van der Waals surface area (Å²) >= 11 is 0. The smallest absolute Gasteiger partial charge is 0.389 e. The molecule has 1 heterocycles. The lowest BCUT2D eigenvalue weighted by Crippen LogP contribution is -2.41. The highest BCUT2D eigenvalue weighted by atomic mass is 19.4. The molecule has 0 aliphatic heterocycles. The van der Waals surface area contributed by atoms with E-state index in [2.05, 4.69) is 10.4 Å². The molecule has 9 nitrogen and oxygen atoms in total. The van der Waals surface area contributed by atoms with Crippen LogP contribution in [0.2, 0.25) is 0 Å². The molecule has 0 spiro atoms. The molecule has 0 atom stereocenters. The summed E-state index contributed by atoms with van der Waals surface area (Å²) in [7, 11) is 1.23. The van der Waals surface area contributed by atoms with Gasteiger partial charge in [0.1, 0.15) is 5.75 Å². The molecule has 0 unspecified atom stereocenters. The van der Waals surface area contributed by atoms with Gasteiger partial charge in [-0.2, -0.15) is 13.2 Å². The van der Waals surface area contributed by atoms with E-state index in [0.29, 0.717) is 12.2 Å². The number of halogens is 3. The summed E-state index contributed by atoms with van der Waals surface area (Å²) in [5.74, 6) is -0.850. The molecule has 0 aliphatic carbocycles. The van der Waals surface area contributed by atoms with E-state index in [1.807, 2.05) is 0 Å². The average Bonchev–Trinajstić information content (AvgIpc) is 2.69. The molecule has 0 fully saturated rings. The molecule has 0 amide bonds. The summed E-state index contributed by atoms with van der Waals surface area (Å²) in [5, 5.41) is 15.8. The Morgan fingerprint density at radius 1 is 1.19 bits per heavy atom. The largest absolute Gasteiger partial charge is 0.478 e. The van der Waals surface area contributed by atoms with Crippen molar-refractivity contribution in [2.24, 2.45) is 7.05 Å². The van der Waals surface area contributed by atoms with Gasteiger partial charge in [-0.1, -0.05) is 12.1 Å². The van der Waals surface area contributed by atoms with Crippen molar-refractivity contribution in [3.8, 4) is 5.75 Å². The number of alkyl halides is 3. The second-order valence-corrected chi connectivity index (χ2v) is 7.68. The first-order chi connectivity index (χ1) is 14.8. The molecule has 0 radical (unpaired) electrons. The number of carboxylic acids is 1. The van der Waals surface area contributed by atoms with Crippen molar-refractivity contribution in [1.82, 2.24) is 14.3 Å². The number of benzene rings is 1. The van der Waals surface area contributed by atoms with Crippen molar-refractivity contribution in [3.05, 3.63) is 50.7 Å². The second-order valence-electron chi connectivity index (χ2n) is 7.68. The van der Waals surface area contributed by atoms with Crippen LogP contribution in [0.3, 0.4) is 0 Å². The van der Waals surface area contributed by atoms with E-state index in [9.17, 15) is 27.6 Å². The van der Waals surface area contributed by atoms with E-state index in [1.54, 1.807) is 24.3 Å². The first-order valence-corrected chi connectivity index (χ1v) is 9.80. The minimum absolute atomic E-state index is 0.137. The van der Waals surface area contributed by atoms with Crippen LogP contribution in [-0.2, 0) is 24.8 Å². The van der Waals surface area contributed by atoms with Crippen LogP contribution in [0.1, 0.15) is 32.3 Å². The zero-order valence-electron chi connectivity index (χ0n) is 17.9. The SMILES string of the molecule is Cn1c(=O)c(NCCc2ccc(OC(C)(C)C(=O)O)cc2)nn(CCCC(F)(F)F)c1=O. The van der Waals surface area contributed by atoms with Gasteiger partial charge in [0.05, 0.1) is 0 Å². The lowest BCUT2D eigenvalue weighted by Gasteiger charge is -2.21. The van der Waals surface area contributed by atoms with Crippen LogP contribution < -0.4 is 21.3 Å². The average molecular weight is 458 g/mol. The van der Waals surface area contributed by atoms with Gasteiger partial charge in [-0.3, -0.25) is 9.36 Å². The van der Waals surface area contributed by atoms with Crippen LogP contribution in [0, 0.1) is 0 Å². The van der Waals surface area contributed by atoms with Gasteiger partial charge in [0.2, 0.25) is 5.82 Å². The number of hydrogen-bond donors (Lipinski definition) is 2. The van der Waals surface area contributed by atoms with Crippen LogP contribution in [0.25, 0.3) is 0 Å². The van der Waals surface area contributed by atoms with Crippen LogP contribution in [0.15, 0.2) is 33.9 Å². The maximum absolute atomic E-state index is 12.3. The Hall–Kier alpha value is -3.31. The number of nitrogens with zero attached hydrogens (tertiary/aromatic N) is 3. The maximum atomic E-state index is 12.3. The summed E-state index contributed by atoms with van der Waals surface area (Å²) < 4.78 is 44.1. The van der Waals surface area contributed by atoms with Gasteiger partial charge < -0.3 is 15.2 Å². The summed E-state index contributed by atoms with van der Waals surface area (Å²) in [4.78, 5) is 35.4. The predicted molar refractivity (Wildman–Crippen MR) is 110 cm³/mol. The molecule has 2 N–H and O–H groups in total. The van der Waals surface area contributed by atoms with Crippen LogP contribution >= 0.6 is 0 Å². The lowest BCUT2D eigenvalue weighted by atomic mass is 10.1. The number of hydrogen-bond acceptors (Lipinski definition) is 6. The predicted octanol–water partition coefficient (Wildman–Crippen LogP) is 2.18. The fourth-order valence-corrected chi connectivity index (χ4v) is 2.70. The minimum Gasteiger partial charge on any atom is -0.478 e. The molecular weight excluding hydrogens is 433 g/mol. The van der Waals surface area contributed by atoms with Gasteiger partial charge in [0.15, 0.2) is 5.60 Å². The van der Waals surface area contributed by atoms with Crippen molar-refractivity contribution in [2.45, 2.75) is 51.4 Å². The zero-order chi connectivity index (χ0) is 24.1. The van der Waals surface area contributed by atoms with Gasteiger partial charge in [-0.15, -0.1) is 5.10 Å². The number of nitrogens with one attached hydrogen (secondary N) is 1. The van der Waals surface area contributed by atoms with Gasteiger partial charge in [0, 0.05) is 26.6 Å². The Labute approximate surface area is 181 Å². The van der Waals surface area contributed by atoms with Gasteiger partial charge in [-0.05, 0) is 44.4 Å². The third kappa shape index (κ3) is 6.86. The number of aliphatic carboxylic acids is 1. The van der Waals surface area contributed by atoms with Gasteiger partial charge in [-0.25, -0.2) is 14.3 Å². The van der Waals surface area contributed by atoms with Crippen LogP contribution in [-0.4, -0.2) is 43.7 Å². The fraction of sp³-hybridized carbons (Fsp3) is 0.500. The number of aromatic nitrogens is 3. The molecule has 0 saturated heterocycles. The van der Waals surface area contributed by atoms with Crippen molar-refractivity contribution in [3.63, 3.8) is 0 Å². The minimum atomic E-state index is -4.34. The van der Waals surface area contributed by atoms with Gasteiger partial charge in [0.25, 0.3) is 5.56 Å². The number of carboxylic acid groups (broad SMARTS) is 1. The van der Waals surface area contributed by atoms with Crippen molar-refractivity contribution in [1.29, 1.82) is 0 Å². The quantitative estimate of drug-likeness (QED) is 0.561. The molecule has 2 rings (SSSR count). The van der Waals surface area contributed by atoms with E-state index in [0.717, 1.165) is 14.8 Å². The molecule has 0 saturated carbocycles. The monoisotopic (exact) mass is 458 g/mol. The molecule has 0 aliphatic rings. The topological polar surface area (TPSA) is 115 Å². The Bertz CT molecular complexity index is 1060. The summed E-state index contributed by atoms with van der Waals surface area (Å²) in [5.41, 5.74) is -1.99. The lowest BCUT2D eigenvalue weighted by molar-refractivity contribution is -0.152. The number of anilines is 1. The van der Waals surface area contributed by atoms with Crippen molar-refractivity contribution >= 4 is 11.8 Å². The molecule has 32 heavy (non-hydrogen) atoms. The number of rotatable bonds is 10. The first kappa shape index (κ1) is 25.0. The summed E-state index contributed by atoms with van der Waals surface area (Å²) in [6.45, 7) is 2.87. The Morgan fingerprint density at radius 2 is 1.81 bits per heavy atom. The molecule has 1 aromatic carbocycles. The number of ether oxygens (including phenoxy) is 1. The fourth-order valence-electron chi connectivity index (χ4n) is 2.70. The standard InChI is InChI=1S/C20H25F3N4O5/c1-19(2,17(29)30)32-14-7-5-13(6-8-14)9-11-24-15-16(28)26(3)18(31)27(25-15)12-4-10-20(21,22)23/h5-8H,4,9-12H2,1-3H3,(H,24,25)(H,29,30). The summed E-state index contributed by atoms with van der Waals surface area (Å²) in [6, 6.07) is 6.72. The second kappa shape index (κ2) is 9.88. The molecule has 176 valence electrons. The highest BCUT2D eigenvalue weighted by Crippen LogP contribution is 2.21.